The third-order valence-corrected chi connectivity index (χ3v) is 4.23. The van der Waals surface area contributed by atoms with Crippen molar-refractivity contribution in [2.75, 3.05) is 6.54 Å². The highest BCUT2D eigenvalue weighted by atomic mass is 35.5. The summed E-state index contributed by atoms with van der Waals surface area (Å²) in [7, 11) is 0. The molecule has 0 N–H and O–H groups in total. The summed E-state index contributed by atoms with van der Waals surface area (Å²) in [4.78, 5) is 18.2. The lowest BCUT2D eigenvalue weighted by molar-refractivity contribution is 0.0703. The Morgan fingerprint density at radius 2 is 2.24 bits per heavy atom. The van der Waals surface area contributed by atoms with Crippen molar-refractivity contribution in [2.24, 2.45) is 5.92 Å². The van der Waals surface area contributed by atoms with Gasteiger partial charge in [-0.3, -0.25) is 4.79 Å². The van der Waals surface area contributed by atoms with Crippen molar-refractivity contribution in [3.8, 4) is 0 Å². The van der Waals surface area contributed by atoms with Crippen LogP contribution in [0.5, 0.6) is 0 Å². The highest BCUT2D eigenvalue weighted by Gasteiger charge is 2.40. The molecular formula is C12H12Cl2N2O. The molecule has 0 aromatic carbocycles. The lowest BCUT2D eigenvalue weighted by Crippen LogP contribution is -2.37. The van der Waals surface area contributed by atoms with Gasteiger partial charge in [-0.05, 0) is 31.2 Å². The van der Waals surface area contributed by atoms with Gasteiger partial charge in [0.2, 0.25) is 0 Å². The van der Waals surface area contributed by atoms with Crippen LogP contribution < -0.4 is 0 Å². The molecule has 1 amide bonds. The summed E-state index contributed by atoms with van der Waals surface area (Å²) in [5.41, 5.74) is 0.471. The second-order valence-electron chi connectivity index (χ2n) is 4.78. The number of pyridine rings is 1. The molecular weight excluding hydrogens is 259 g/mol. The normalized spacial score (nSPS) is 26.6. The number of carbonyl (C=O) groups excluding carboxylic acids is 1. The van der Waals surface area contributed by atoms with Gasteiger partial charge in [0.05, 0.1) is 10.6 Å². The first kappa shape index (κ1) is 11.3. The van der Waals surface area contributed by atoms with E-state index in [1.807, 2.05) is 4.90 Å². The zero-order valence-corrected chi connectivity index (χ0v) is 10.7. The van der Waals surface area contributed by atoms with E-state index < -0.39 is 0 Å². The van der Waals surface area contributed by atoms with Gasteiger partial charge < -0.3 is 4.90 Å². The number of hydrogen-bond acceptors (Lipinski definition) is 2. The first-order valence-corrected chi connectivity index (χ1v) is 6.53. The average molecular weight is 271 g/mol. The number of fused-ring (bicyclic) bond motifs is 2. The van der Waals surface area contributed by atoms with Crippen LogP contribution in [0, 0.1) is 5.92 Å². The standard InChI is InChI=1S/C12H12Cl2N2O/c13-10-5-15-11(14)4-9(10)12(17)16-6-7-1-2-8(16)3-7/h4-5,7-8H,1-3,6H2. The Morgan fingerprint density at radius 1 is 1.41 bits per heavy atom. The van der Waals surface area contributed by atoms with Gasteiger partial charge >= 0.3 is 0 Å². The van der Waals surface area contributed by atoms with Crippen LogP contribution in [-0.4, -0.2) is 28.4 Å². The van der Waals surface area contributed by atoms with E-state index in [0.29, 0.717) is 27.7 Å². The third-order valence-electron chi connectivity index (χ3n) is 3.72. The Bertz CT molecular complexity index is 478. The second-order valence-corrected chi connectivity index (χ2v) is 5.57. The van der Waals surface area contributed by atoms with Crippen LogP contribution in [0.25, 0.3) is 0 Å². The van der Waals surface area contributed by atoms with Crippen molar-refractivity contribution in [3.63, 3.8) is 0 Å². The van der Waals surface area contributed by atoms with Gasteiger partial charge in [0.15, 0.2) is 0 Å². The molecule has 3 nitrogen and oxygen atoms in total. The van der Waals surface area contributed by atoms with E-state index in [0.717, 1.165) is 19.4 Å². The van der Waals surface area contributed by atoms with E-state index in [1.54, 1.807) is 6.07 Å². The van der Waals surface area contributed by atoms with Crippen LogP contribution in [0.1, 0.15) is 29.6 Å². The Kier molecular flexibility index (Phi) is 2.75. The maximum atomic E-state index is 12.4. The van der Waals surface area contributed by atoms with Gasteiger partial charge in [-0.25, -0.2) is 4.98 Å². The number of carbonyl (C=O) groups is 1. The number of halogens is 2. The largest absolute Gasteiger partial charge is 0.335 e. The first-order chi connectivity index (χ1) is 8.15. The maximum absolute atomic E-state index is 12.4. The maximum Gasteiger partial charge on any atom is 0.255 e. The zero-order chi connectivity index (χ0) is 12.0. The van der Waals surface area contributed by atoms with Crippen molar-refractivity contribution in [3.05, 3.63) is 28.0 Å². The number of nitrogens with zero attached hydrogens (tertiary/aromatic N) is 2. The Balaban J connectivity index is 1.89. The molecule has 2 atom stereocenters. The zero-order valence-electron chi connectivity index (χ0n) is 9.20. The minimum atomic E-state index is -0.00787. The van der Waals surface area contributed by atoms with E-state index in [9.17, 15) is 4.79 Å². The quantitative estimate of drug-likeness (QED) is 0.735. The summed E-state index contributed by atoms with van der Waals surface area (Å²) in [6.45, 7) is 0.861. The molecule has 3 rings (SSSR count). The summed E-state index contributed by atoms with van der Waals surface area (Å²) in [6, 6.07) is 1.95. The second kappa shape index (κ2) is 4.14. The van der Waals surface area contributed by atoms with E-state index in [-0.39, 0.29) is 5.91 Å². The topological polar surface area (TPSA) is 33.2 Å². The molecule has 1 aliphatic heterocycles. The summed E-state index contributed by atoms with van der Waals surface area (Å²) < 4.78 is 0. The molecule has 2 heterocycles. The first-order valence-electron chi connectivity index (χ1n) is 5.77. The molecule has 1 aromatic heterocycles. The summed E-state index contributed by atoms with van der Waals surface area (Å²) in [5, 5.41) is 0.685. The van der Waals surface area contributed by atoms with E-state index in [1.165, 1.54) is 12.6 Å². The fourth-order valence-corrected chi connectivity index (χ4v) is 3.25. The third kappa shape index (κ3) is 1.91. The molecule has 1 aromatic rings. The van der Waals surface area contributed by atoms with Crippen LogP contribution in [0.2, 0.25) is 10.2 Å². The number of rotatable bonds is 1. The van der Waals surface area contributed by atoms with E-state index >= 15 is 0 Å². The average Bonchev–Trinajstić information content (AvgIpc) is 2.93. The highest BCUT2D eigenvalue weighted by molar-refractivity contribution is 6.35. The van der Waals surface area contributed by atoms with Crippen molar-refractivity contribution in [2.45, 2.75) is 25.3 Å². The molecule has 1 aliphatic carbocycles. The van der Waals surface area contributed by atoms with Gasteiger partial charge in [0.25, 0.3) is 5.91 Å². The molecule has 1 saturated heterocycles. The highest BCUT2D eigenvalue weighted by Crippen LogP contribution is 2.38. The number of amides is 1. The summed E-state index contributed by atoms with van der Waals surface area (Å²) >= 11 is 11.8. The van der Waals surface area contributed by atoms with Gasteiger partial charge in [0, 0.05) is 18.8 Å². The van der Waals surface area contributed by atoms with Crippen LogP contribution in [0.3, 0.4) is 0 Å². The molecule has 90 valence electrons. The molecule has 2 fully saturated rings. The molecule has 5 heteroatoms. The van der Waals surface area contributed by atoms with E-state index in [2.05, 4.69) is 4.98 Å². The van der Waals surface area contributed by atoms with Gasteiger partial charge in [0.1, 0.15) is 5.15 Å². The molecule has 2 aliphatic rings. The Morgan fingerprint density at radius 3 is 2.88 bits per heavy atom. The van der Waals surface area contributed by atoms with Gasteiger partial charge in [-0.15, -0.1) is 0 Å². The molecule has 2 unspecified atom stereocenters. The predicted octanol–water partition coefficient (Wildman–Crippen LogP) is 3.01. The summed E-state index contributed by atoms with van der Waals surface area (Å²) in [6.07, 6.45) is 4.94. The minimum absolute atomic E-state index is 0.00787. The lowest BCUT2D eigenvalue weighted by atomic mass is 10.1. The number of likely N-dealkylation sites (tertiary alicyclic amines) is 1. The molecule has 17 heavy (non-hydrogen) atoms. The molecule has 0 spiro atoms. The number of aromatic nitrogens is 1. The van der Waals surface area contributed by atoms with Crippen molar-refractivity contribution >= 4 is 29.1 Å². The lowest BCUT2D eigenvalue weighted by Gasteiger charge is -2.27. The van der Waals surface area contributed by atoms with Crippen molar-refractivity contribution in [1.29, 1.82) is 0 Å². The number of piperidine rings is 1. The van der Waals surface area contributed by atoms with Gasteiger partial charge in [-0.1, -0.05) is 23.2 Å². The monoisotopic (exact) mass is 270 g/mol. The smallest absolute Gasteiger partial charge is 0.255 e. The number of hydrogen-bond donors (Lipinski definition) is 0. The molecule has 2 bridgehead atoms. The molecule has 0 radical (unpaired) electrons. The fourth-order valence-electron chi connectivity index (χ4n) is 2.91. The minimum Gasteiger partial charge on any atom is -0.335 e. The van der Waals surface area contributed by atoms with Crippen LogP contribution >= 0.6 is 23.2 Å². The summed E-state index contributed by atoms with van der Waals surface area (Å²) in [5.74, 6) is 0.673. The van der Waals surface area contributed by atoms with Crippen LogP contribution in [0.4, 0.5) is 0 Å². The fraction of sp³-hybridized carbons (Fsp3) is 0.500. The van der Waals surface area contributed by atoms with E-state index in [4.69, 9.17) is 23.2 Å². The van der Waals surface area contributed by atoms with Crippen molar-refractivity contribution in [1.82, 2.24) is 9.88 Å². The van der Waals surface area contributed by atoms with Crippen LogP contribution in [0.15, 0.2) is 12.3 Å². The SMILES string of the molecule is O=C(c1cc(Cl)ncc1Cl)N1CC2CCC1C2. The Labute approximate surface area is 110 Å². The van der Waals surface area contributed by atoms with Crippen LogP contribution in [-0.2, 0) is 0 Å². The van der Waals surface area contributed by atoms with Gasteiger partial charge in [-0.2, -0.15) is 0 Å². The Hall–Kier alpha value is -0.800. The molecule has 1 saturated carbocycles. The van der Waals surface area contributed by atoms with Crippen molar-refractivity contribution < 1.29 is 4.79 Å². The predicted molar refractivity (Wildman–Crippen MR) is 66.4 cm³/mol.